The predicted molar refractivity (Wildman–Crippen MR) is 79.7 cm³/mol. The second-order valence-electron chi connectivity index (χ2n) is 6.35. The maximum absolute atomic E-state index is 11.6. The van der Waals surface area contributed by atoms with Crippen molar-refractivity contribution in [1.82, 2.24) is 4.90 Å². The van der Waals surface area contributed by atoms with E-state index in [0.717, 1.165) is 24.0 Å². The summed E-state index contributed by atoms with van der Waals surface area (Å²) in [4.78, 5) is 13.8. The minimum absolute atomic E-state index is 0.0481. The van der Waals surface area contributed by atoms with Crippen molar-refractivity contribution >= 4 is 5.97 Å². The van der Waals surface area contributed by atoms with Gasteiger partial charge in [-0.1, -0.05) is 37.1 Å². The number of aliphatic hydroxyl groups excluding tert-OH is 1. The number of aliphatic hydroxyl groups is 1. The van der Waals surface area contributed by atoms with Gasteiger partial charge in [0.25, 0.3) is 0 Å². The third-order valence-corrected chi connectivity index (χ3v) is 5.08. The number of likely N-dealkylation sites (tertiary alicyclic amines) is 1. The molecule has 1 aromatic rings. The zero-order valence-electron chi connectivity index (χ0n) is 12.2. The van der Waals surface area contributed by atoms with Crippen LogP contribution in [-0.2, 0) is 17.9 Å². The summed E-state index contributed by atoms with van der Waals surface area (Å²) in [5.41, 5.74) is 2.02. The van der Waals surface area contributed by atoms with Crippen LogP contribution in [0.15, 0.2) is 24.3 Å². The Morgan fingerprint density at radius 2 is 1.81 bits per heavy atom. The lowest BCUT2D eigenvalue weighted by Gasteiger charge is -2.33. The van der Waals surface area contributed by atoms with Crippen LogP contribution >= 0.6 is 0 Å². The molecule has 1 aromatic carbocycles. The van der Waals surface area contributed by atoms with E-state index in [1.165, 1.54) is 19.3 Å². The molecule has 0 radical (unpaired) electrons. The van der Waals surface area contributed by atoms with E-state index >= 15 is 0 Å². The fraction of sp³-hybridized carbons (Fsp3) is 0.588. The Kier molecular flexibility index (Phi) is 4.27. The van der Waals surface area contributed by atoms with Gasteiger partial charge in [-0.2, -0.15) is 0 Å². The summed E-state index contributed by atoms with van der Waals surface area (Å²) in [6, 6.07) is 7.92. The lowest BCUT2D eigenvalue weighted by molar-refractivity contribution is -0.142. The van der Waals surface area contributed by atoms with Crippen molar-refractivity contribution < 1.29 is 15.0 Å². The number of carboxylic acids is 1. The van der Waals surface area contributed by atoms with Crippen molar-refractivity contribution in [2.45, 2.75) is 57.3 Å². The largest absolute Gasteiger partial charge is 0.480 e. The molecule has 2 aliphatic rings. The molecule has 1 saturated heterocycles. The molecule has 4 heteroatoms. The van der Waals surface area contributed by atoms with Gasteiger partial charge in [-0.3, -0.25) is 9.69 Å². The van der Waals surface area contributed by atoms with E-state index in [-0.39, 0.29) is 12.6 Å². The van der Waals surface area contributed by atoms with E-state index in [2.05, 4.69) is 4.90 Å². The normalized spacial score (nSPS) is 29.3. The summed E-state index contributed by atoms with van der Waals surface area (Å²) in [5, 5.41) is 18.6. The molecule has 0 spiro atoms. The first-order chi connectivity index (χ1) is 10.2. The number of rotatable bonds is 4. The fourth-order valence-electron chi connectivity index (χ4n) is 3.98. The van der Waals surface area contributed by atoms with Crippen molar-refractivity contribution in [1.29, 1.82) is 0 Å². The van der Waals surface area contributed by atoms with Gasteiger partial charge in [-0.05, 0) is 36.3 Å². The molecule has 3 unspecified atom stereocenters. The van der Waals surface area contributed by atoms with Gasteiger partial charge in [0, 0.05) is 12.6 Å². The summed E-state index contributed by atoms with van der Waals surface area (Å²) >= 11 is 0. The summed E-state index contributed by atoms with van der Waals surface area (Å²) in [6.45, 7) is 0.746. The zero-order chi connectivity index (χ0) is 14.8. The minimum atomic E-state index is -0.684. The van der Waals surface area contributed by atoms with Crippen molar-refractivity contribution in [2.24, 2.45) is 5.92 Å². The average Bonchev–Trinajstić information content (AvgIpc) is 2.87. The molecule has 1 saturated carbocycles. The van der Waals surface area contributed by atoms with Gasteiger partial charge >= 0.3 is 5.97 Å². The third kappa shape index (κ3) is 2.97. The van der Waals surface area contributed by atoms with Gasteiger partial charge in [-0.15, -0.1) is 0 Å². The summed E-state index contributed by atoms with van der Waals surface area (Å²) in [7, 11) is 0. The zero-order valence-corrected chi connectivity index (χ0v) is 12.2. The van der Waals surface area contributed by atoms with Crippen LogP contribution in [0.2, 0.25) is 0 Å². The van der Waals surface area contributed by atoms with Crippen LogP contribution in [0.1, 0.15) is 43.2 Å². The number of aliphatic carboxylic acids is 1. The highest BCUT2D eigenvalue weighted by molar-refractivity contribution is 5.74. The van der Waals surface area contributed by atoms with Gasteiger partial charge in [0.15, 0.2) is 0 Å². The molecule has 2 N–H and O–H groups in total. The Morgan fingerprint density at radius 3 is 2.48 bits per heavy atom. The molecular formula is C17H23NO3. The first-order valence-electron chi connectivity index (χ1n) is 7.86. The molecular weight excluding hydrogens is 266 g/mol. The number of carbonyl (C=O) groups is 1. The maximum atomic E-state index is 11.6. The number of hydrogen-bond acceptors (Lipinski definition) is 3. The standard InChI is InChI=1S/C17H23NO3/c19-11-13-7-5-12(6-8-13)10-18-15-4-2-1-3-14(15)9-16(18)17(20)21/h5-8,14-16,19H,1-4,9-11H2,(H,20,21). The van der Waals surface area contributed by atoms with Gasteiger partial charge < -0.3 is 10.2 Å². The van der Waals surface area contributed by atoms with Crippen molar-refractivity contribution in [3.05, 3.63) is 35.4 Å². The second-order valence-corrected chi connectivity index (χ2v) is 6.35. The maximum Gasteiger partial charge on any atom is 0.320 e. The van der Waals surface area contributed by atoms with Gasteiger partial charge in [-0.25, -0.2) is 0 Å². The molecule has 4 nitrogen and oxygen atoms in total. The van der Waals surface area contributed by atoms with Crippen molar-refractivity contribution in [3.63, 3.8) is 0 Å². The Balaban J connectivity index is 1.77. The van der Waals surface area contributed by atoms with Crippen LogP contribution in [0.3, 0.4) is 0 Å². The predicted octanol–water partition coefficient (Wildman–Crippen LogP) is 2.40. The van der Waals surface area contributed by atoms with E-state index in [1.807, 2.05) is 24.3 Å². The Morgan fingerprint density at radius 1 is 1.14 bits per heavy atom. The number of carboxylic acid groups (broad SMARTS) is 1. The van der Waals surface area contributed by atoms with Crippen LogP contribution in [0, 0.1) is 5.92 Å². The fourth-order valence-corrected chi connectivity index (χ4v) is 3.98. The van der Waals surface area contributed by atoms with E-state index < -0.39 is 5.97 Å². The van der Waals surface area contributed by atoms with Crippen molar-refractivity contribution in [3.8, 4) is 0 Å². The highest BCUT2D eigenvalue weighted by Crippen LogP contribution is 2.40. The summed E-state index contributed by atoms with van der Waals surface area (Å²) < 4.78 is 0. The first-order valence-corrected chi connectivity index (χ1v) is 7.86. The molecule has 3 atom stereocenters. The summed E-state index contributed by atoms with van der Waals surface area (Å²) in [5.74, 6) is -0.132. The number of hydrogen-bond donors (Lipinski definition) is 2. The topological polar surface area (TPSA) is 60.8 Å². The SMILES string of the molecule is O=C(O)C1CC2CCCCC2N1Cc1ccc(CO)cc1. The monoisotopic (exact) mass is 289 g/mol. The molecule has 0 aromatic heterocycles. The van der Waals surface area contributed by atoms with Gasteiger partial charge in [0.1, 0.15) is 6.04 Å². The van der Waals surface area contributed by atoms with E-state index in [0.29, 0.717) is 18.5 Å². The summed E-state index contributed by atoms with van der Waals surface area (Å²) in [6.07, 6.45) is 5.56. The second kappa shape index (κ2) is 6.16. The minimum Gasteiger partial charge on any atom is -0.480 e. The van der Waals surface area contributed by atoms with E-state index in [1.54, 1.807) is 0 Å². The molecule has 2 fully saturated rings. The van der Waals surface area contributed by atoms with Gasteiger partial charge in [0.2, 0.25) is 0 Å². The molecule has 1 heterocycles. The van der Waals surface area contributed by atoms with Crippen LogP contribution in [0.4, 0.5) is 0 Å². The molecule has 0 bridgehead atoms. The molecule has 1 aliphatic carbocycles. The Labute approximate surface area is 125 Å². The lowest BCUT2D eigenvalue weighted by Crippen LogP contribution is -2.41. The molecule has 1 aliphatic heterocycles. The van der Waals surface area contributed by atoms with Crippen LogP contribution in [0.25, 0.3) is 0 Å². The third-order valence-electron chi connectivity index (χ3n) is 5.08. The first kappa shape index (κ1) is 14.5. The average molecular weight is 289 g/mol. The molecule has 114 valence electrons. The smallest absolute Gasteiger partial charge is 0.320 e. The number of fused-ring (bicyclic) bond motifs is 1. The highest BCUT2D eigenvalue weighted by atomic mass is 16.4. The highest BCUT2D eigenvalue weighted by Gasteiger charge is 2.44. The quantitative estimate of drug-likeness (QED) is 0.893. The van der Waals surface area contributed by atoms with E-state index in [4.69, 9.17) is 5.11 Å². The van der Waals surface area contributed by atoms with Crippen LogP contribution < -0.4 is 0 Å². The number of benzene rings is 1. The Hall–Kier alpha value is -1.39. The molecule has 21 heavy (non-hydrogen) atoms. The van der Waals surface area contributed by atoms with Crippen molar-refractivity contribution in [2.75, 3.05) is 0 Å². The molecule has 3 rings (SSSR count). The van der Waals surface area contributed by atoms with Gasteiger partial charge in [0.05, 0.1) is 6.61 Å². The van der Waals surface area contributed by atoms with Crippen LogP contribution in [-0.4, -0.2) is 33.2 Å². The van der Waals surface area contributed by atoms with E-state index in [9.17, 15) is 9.90 Å². The lowest BCUT2D eigenvalue weighted by atomic mass is 9.84. The Bertz CT molecular complexity index is 499. The van der Waals surface area contributed by atoms with Crippen LogP contribution in [0.5, 0.6) is 0 Å². The molecule has 0 amide bonds. The number of nitrogens with zero attached hydrogens (tertiary/aromatic N) is 1.